The molecule has 158 valence electrons. The molecule has 0 radical (unpaired) electrons. The summed E-state index contributed by atoms with van der Waals surface area (Å²) in [6.45, 7) is 4.40. The summed E-state index contributed by atoms with van der Waals surface area (Å²) in [5.41, 5.74) is 0.214. The number of aliphatic imine (C=N–C) groups is 1. The molecule has 5 nitrogen and oxygen atoms in total. The molecule has 0 spiro atoms. The van der Waals surface area contributed by atoms with Gasteiger partial charge in [0, 0.05) is 18.5 Å². The van der Waals surface area contributed by atoms with E-state index in [0.717, 1.165) is 5.56 Å². The van der Waals surface area contributed by atoms with Crippen molar-refractivity contribution in [3.8, 4) is 5.75 Å². The van der Waals surface area contributed by atoms with Crippen LogP contribution in [-0.2, 0) is 5.60 Å². The number of thiophene rings is 1. The lowest BCUT2D eigenvalue weighted by Crippen LogP contribution is -2.40. The molecule has 1 aliphatic rings. The highest BCUT2D eigenvalue weighted by Gasteiger charge is 2.42. The van der Waals surface area contributed by atoms with Gasteiger partial charge in [-0.3, -0.25) is 0 Å². The minimum Gasteiger partial charge on any atom is -0.405 e. The van der Waals surface area contributed by atoms with E-state index in [2.05, 4.69) is 20.4 Å². The van der Waals surface area contributed by atoms with Crippen LogP contribution in [0.25, 0.3) is 0 Å². The molecule has 1 saturated carbocycles. The van der Waals surface area contributed by atoms with E-state index in [-0.39, 0.29) is 24.3 Å². The van der Waals surface area contributed by atoms with E-state index in [4.69, 9.17) is 0 Å². The molecule has 3 rings (SSSR count). The Labute approximate surface area is 171 Å². The van der Waals surface area contributed by atoms with Gasteiger partial charge in [-0.2, -0.15) is 11.3 Å². The Morgan fingerprint density at radius 3 is 2.72 bits per heavy atom. The predicted octanol–water partition coefficient (Wildman–Crippen LogP) is 3.97. The molecule has 0 amide bonds. The fraction of sp³-hybridized carbons (Fsp3) is 0.450. The molecule has 9 heteroatoms. The second-order valence-corrected chi connectivity index (χ2v) is 7.94. The van der Waals surface area contributed by atoms with Crippen LogP contribution in [0.15, 0.2) is 46.1 Å². The summed E-state index contributed by atoms with van der Waals surface area (Å²) in [5.74, 6) is 0.246. The number of hydrogen-bond acceptors (Lipinski definition) is 4. The minimum atomic E-state index is -4.72. The summed E-state index contributed by atoms with van der Waals surface area (Å²) in [6, 6.07) is 8.00. The average Bonchev–Trinajstić information content (AvgIpc) is 3.15. The fourth-order valence-corrected chi connectivity index (χ4v) is 3.88. The van der Waals surface area contributed by atoms with E-state index < -0.39 is 12.0 Å². The monoisotopic (exact) mass is 427 g/mol. The van der Waals surface area contributed by atoms with E-state index in [1.807, 2.05) is 23.8 Å². The molecule has 3 unspecified atom stereocenters. The normalized spacial score (nSPS) is 21.4. The summed E-state index contributed by atoms with van der Waals surface area (Å²) in [6.07, 6.45) is -4.05. The van der Waals surface area contributed by atoms with Gasteiger partial charge in [0.15, 0.2) is 5.96 Å². The molecule has 0 bridgehead atoms. The van der Waals surface area contributed by atoms with Gasteiger partial charge in [0.2, 0.25) is 0 Å². The number of para-hydroxylation sites is 1. The summed E-state index contributed by atoms with van der Waals surface area (Å²) in [4.78, 5) is 4.47. The predicted molar refractivity (Wildman–Crippen MR) is 107 cm³/mol. The van der Waals surface area contributed by atoms with E-state index in [9.17, 15) is 18.3 Å². The van der Waals surface area contributed by atoms with Crippen LogP contribution < -0.4 is 15.4 Å². The smallest absolute Gasteiger partial charge is 0.405 e. The second-order valence-electron chi connectivity index (χ2n) is 7.16. The number of nitrogens with one attached hydrogen (secondary N) is 2. The van der Waals surface area contributed by atoms with Crippen molar-refractivity contribution in [3.05, 3.63) is 52.2 Å². The van der Waals surface area contributed by atoms with Gasteiger partial charge in [-0.05, 0) is 54.3 Å². The van der Waals surface area contributed by atoms with Crippen molar-refractivity contribution >= 4 is 17.3 Å². The van der Waals surface area contributed by atoms with E-state index in [1.54, 1.807) is 19.1 Å². The number of guanidine groups is 1. The molecule has 29 heavy (non-hydrogen) atoms. The van der Waals surface area contributed by atoms with Crippen LogP contribution in [0.5, 0.6) is 5.75 Å². The van der Waals surface area contributed by atoms with Crippen molar-refractivity contribution in [1.29, 1.82) is 0 Å². The van der Waals surface area contributed by atoms with E-state index >= 15 is 0 Å². The van der Waals surface area contributed by atoms with Gasteiger partial charge < -0.3 is 20.5 Å². The maximum absolute atomic E-state index is 12.7. The lowest BCUT2D eigenvalue weighted by atomic mass is 10.00. The van der Waals surface area contributed by atoms with Crippen molar-refractivity contribution in [3.63, 3.8) is 0 Å². The van der Waals surface area contributed by atoms with Crippen LogP contribution in [0.3, 0.4) is 0 Å². The molecular weight excluding hydrogens is 403 g/mol. The zero-order chi connectivity index (χ0) is 21.1. The van der Waals surface area contributed by atoms with Gasteiger partial charge in [-0.1, -0.05) is 18.2 Å². The molecular formula is C20H24F3N3O2S. The molecule has 1 fully saturated rings. The maximum Gasteiger partial charge on any atom is 0.573 e. The number of halogens is 3. The third-order valence-corrected chi connectivity index (χ3v) is 5.37. The van der Waals surface area contributed by atoms with Crippen molar-refractivity contribution in [2.24, 2.45) is 4.99 Å². The first-order valence-electron chi connectivity index (χ1n) is 9.34. The molecule has 3 atom stereocenters. The number of ether oxygens (including phenoxy) is 1. The van der Waals surface area contributed by atoms with Gasteiger partial charge in [0.05, 0.1) is 6.54 Å². The first-order valence-corrected chi connectivity index (χ1v) is 10.3. The summed E-state index contributed by atoms with van der Waals surface area (Å²) >= 11 is 1.50. The van der Waals surface area contributed by atoms with Gasteiger partial charge in [0.1, 0.15) is 11.4 Å². The number of rotatable bonds is 7. The van der Waals surface area contributed by atoms with Gasteiger partial charge in [0.25, 0.3) is 0 Å². The number of benzene rings is 1. The Hall–Kier alpha value is -2.26. The van der Waals surface area contributed by atoms with Crippen molar-refractivity contribution in [2.45, 2.75) is 44.2 Å². The fourth-order valence-electron chi connectivity index (χ4n) is 3.09. The SMILES string of the molecule is CCNC(=NCC(C)(O)c1ccsc1)NC1CC1c1ccccc1OC(F)(F)F. The van der Waals surface area contributed by atoms with Crippen molar-refractivity contribution in [2.75, 3.05) is 13.1 Å². The molecule has 1 aromatic carbocycles. The van der Waals surface area contributed by atoms with E-state index in [0.29, 0.717) is 24.5 Å². The van der Waals surface area contributed by atoms with E-state index in [1.165, 1.54) is 23.5 Å². The zero-order valence-electron chi connectivity index (χ0n) is 16.2. The third kappa shape index (κ3) is 5.86. The Balaban J connectivity index is 1.66. The minimum absolute atomic E-state index is 0.0584. The average molecular weight is 427 g/mol. The summed E-state index contributed by atoms with van der Waals surface area (Å²) in [5, 5.41) is 20.8. The Bertz CT molecular complexity index is 838. The van der Waals surface area contributed by atoms with Gasteiger partial charge in [-0.15, -0.1) is 13.2 Å². The molecule has 1 aliphatic carbocycles. The Morgan fingerprint density at radius 2 is 2.07 bits per heavy atom. The molecule has 2 aromatic rings. The largest absolute Gasteiger partial charge is 0.573 e. The van der Waals surface area contributed by atoms with Crippen LogP contribution in [0, 0.1) is 0 Å². The molecule has 0 aliphatic heterocycles. The molecule has 1 heterocycles. The van der Waals surface area contributed by atoms with Crippen LogP contribution in [0.2, 0.25) is 0 Å². The zero-order valence-corrected chi connectivity index (χ0v) is 17.0. The quantitative estimate of drug-likeness (QED) is 0.462. The van der Waals surface area contributed by atoms with Crippen molar-refractivity contribution < 1.29 is 23.0 Å². The number of alkyl halides is 3. The van der Waals surface area contributed by atoms with Crippen LogP contribution in [0.1, 0.15) is 37.3 Å². The highest BCUT2D eigenvalue weighted by molar-refractivity contribution is 7.08. The number of hydrogen-bond donors (Lipinski definition) is 3. The number of aliphatic hydroxyl groups is 1. The topological polar surface area (TPSA) is 65.9 Å². The second kappa shape index (κ2) is 8.62. The van der Waals surface area contributed by atoms with Crippen LogP contribution in [0.4, 0.5) is 13.2 Å². The lowest BCUT2D eigenvalue weighted by molar-refractivity contribution is -0.274. The Morgan fingerprint density at radius 1 is 1.31 bits per heavy atom. The van der Waals surface area contributed by atoms with Crippen molar-refractivity contribution in [1.82, 2.24) is 10.6 Å². The standard InChI is InChI=1S/C20H24F3N3O2S/c1-3-24-18(25-12-19(2,27)13-8-9-29-11-13)26-16-10-15(16)14-6-4-5-7-17(14)28-20(21,22)23/h4-9,11,15-16,27H,3,10,12H2,1-2H3,(H2,24,25,26). The Kier molecular flexibility index (Phi) is 6.38. The first-order chi connectivity index (χ1) is 13.7. The number of nitrogens with zero attached hydrogens (tertiary/aromatic N) is 1. The van der Waals surface area contributed by atoms with Gasteiger partial charge in [-0.25, -0.2) is 4.99 Å². The lowest BCUT2D eigenvalue weighted by Gasteiger charge is -2.21. The van der Waals surface area contributed by atoms with Crippen LogP contribution >= 0.6 is 11.3 Å². The van der Waals surface area contributed by atoms with Gasteiger partial charge >= 0.3 is 6.36 Å². The molecule has 3 N–H and O–H groups in total. The highest BCUT2D eigenvalue weighted by atomic mass is 32.1. The maximum atomic E-state index is 12.7. The van der Waals surface area contributed by atoms with Crippen LogP contribution in [-0.4, -0.2) is 36.6 Å². The summed E-state index contributed by atoms with van der Waals surface area (Å²) in [7, 11) is 0. The highest BCUT2D eigenvalue weighted by Crippen LogP contribution is 2.45. The summed E-state index contributed by atoms with van der Waals surface area (Å²) < 4.78 is 42.1. The molecule has 1 aromatic heterocycles. The third-order valence-electron chi connectivity index (χ3n) is 4.69. The first kappa shape index (κ1) is 21.4. The molecule has 0 saturated heterocycles.